The van der Waals surface area contributed by atoms with Crippen LogP contribution >= 0.6 is 23.8 Å². The Morgan fingerprint density at radius 1 is 1.29 bits per heavy atom. The number of amides is 1. The molecule has 0 saturated heterocycles. The van der Waals surface area contributed by atoms with Crippen molar-refractivity contribution < 1.29 is 17.9 Å². The second-order valence-corrected chi connectivity index (χ2v) is 7.98. The Kier molecular flexibility index (Phi) is 8.40. The first-order chi connectivity index (χ1) is 11.2. The average Bonchev–Trinajstić information content (AvgIpc) is 2.51. The number of hydrogen-bond donors (Lipinski definition) is 3. The first-order valence-corrected chi connectivity index (χ1v) is 9.51. The summed E-state index contributed by atoms with van der Waals surface area (Å²) in [6.07, 6.45) is -0.200. The van der Waals surface area contributed by atoms with E-state index in [9.17, 15) is 13.2 Å². The smallest absolute Gasteiger partial charge is 0.239 e. The van der Waals surface area contributed by atoms with Crippen molar-refractivity contribution >= 4 is 44.7 Å². The molecular weight excluding hydrogens is 374 g/mol. The van der Waals surface area contributed by atoms with Gasteiger partial charge in [0.2, 0.25) is 5.91 Å². The van der Waals surface area contributed by atoms with Gasteiger partial charge in [0.1, 0.15) is 0 Å². The van der Waals surface area contributed by atoms with Crippen LogP contribution in [0.5, 0.6) is 0 Å². The molecule has 0 aliphatic rings. The molecule has 0 fully saturated rings. The third-order valence-electron chi connectivity index (χ3n) is 2.88. The van der Waals surface area contributed by atoms with Gasteiger partial charge in [-0.15, -0.1) is 0 Å². The van der Waals surface area contributed by atoms with Crippen LogP contribution in [0.1, 0.15) is 13.3 Å². The summed E-state index contributed by atoms with van der Waals surface area (Å²) >= 11 is 10.7. The molecule has 24 heavy (non-hydrogen) atoms. The van der Waals surface area contributed by atoms with Gasteiger partial charge in [0.25, 0.3) is 0 Å². The van der Waals surface area contributed by atoms with Crippen molar-refractivity contribution in [1.82, 2.24) is 16.2 Å². The lowest BCUT2D eigenvalue weighted by atomic mass is 10.4. The van der Waals surface area contributed by atoms with E-state index >= 15 is 0 Å². The van der Waals surface area contributed by atoms with Gasteiger partial charge in [0, 0.05) is 24.6 Å². The molecule has 0 spiro atoms. The zero-order chi connectivity index (χ0) is 18.2. The Balaban J connectivity index is 2.40. The van der Waals surface area contributed by atoms with Crippen LogP contribution in [0.15, 0.2) is 29.2 Å². The molecule has 0 aliphatic carbocycles. The van der Waals surface area contributed by atoms with E-state index in [1.807, 2.05) is 6.92 Å². The number of carbonyl (C=O) groups is 1. The molecule has 3 N–H and O–H groups in total. The van der Waals surface area contributed by atoms with Crippen molar-refractivity contribution in [3.8, 4) is 0 Å². The van der Waals surface area contributed by atoms with E-state index in [1.54, 1.807) is 7.11 Å². The molecule has 0 saturated carbocycles. The second-order valence-electron chi connectivity index (χ2n) is 5.03. The minimum absolute atomic E-state index is 0.0304. The van der Waals surface area contributed by atoms with Crippen LogP contribution in [-0.2, 0) is 19.4 Å². The lowest BCUT2D eigenvalue weighted by Crippen LogP contribution is -2.50. The van der Waals surface area contributed by atoms with Gasteiger partial charge in [0.05, 0.1) is 17.3 Å². The molecular formula is C14H20ClN3O4S2. The monoisotopic (exact) mass is 393 g/mol. The zero-order valence-electron chi connectivity index (χ0n) is 13.3. The number of hydrazine groups is 1. The Morgan fingerprint density at radius 3 is 2.50 bits per heavy atom. The molecule has 0 bridgehead atoms. The van der Waals surface area contributed by atoms with E-state index in [2.05, 4.69) is 16.2 Å². The Hall–Kier alpha value is -1.42. The summed E-state index contributed by atoms with van der Waals surface area (Å²) in [4.78, 5) is 11.8. The average molecular weight is 394 g/mol. The number of methoxy groups -OCH3 is 1. The van der Waals surface area contributed by atoms with E-state index in [1.165, 1.54) is 24.3 Å². The number of benzene rings is 1. The van der Waals surface area contributed by atoms with Crippen molar-refractivity contribution in [2.24, 2.45) is 0 Å². The number of ether oxygens (including phenoxy) is 1. The maximum atomic E-state index is 12.1. The summed E-state index contributed by atoms with van der Waals surface area (Å²) in [6, 6.07) is 5.76. The summed E-state index contributed by atoms with van der Waals surface area (Å²) in [5.41, 5.74) is 4.85. The highest BCUT2D eigenvalue weighted by atomic mass is 35.5. The molecule has 0 unspecified atom stereocenters. The highest BCUT2D eigenvalue weighted by Crippen LogP contribution is 2.15. The topological polar surface area (TPSA) is 96.5 Å². The summed E-state index contributed by atoms with van der Waals surface area (Å²) < 4.78 is 29.2. The fourth-order valence-corrected chi connectivity index (χ4v) is 3.35. The molecule has 0 aliphatic heterocycles. The minimum atomic E-state index is -3.55. The van der Waals surface area contributed by atoms with E-state index in [4.69, 9.17) is 28.6 Å². The number of carbonyl (C=O) groups excluding carboxylic acids is 1. The van der Waals surface area contributed by atoms with Crippen molar-refractivity contribution in [3.63, 3.8) is 0 Å². The van der Waals surface area contributed by atoms with E-state index in [0.717, 1.165) is 0 Å². The molecule has 7 nitrogen and oxygen atoms in total. The van der Waals surface area contributed by atoms with Crippen LogP contribution in [-0.4, -0.2) is 44.9 Å². The van der Waals surface area contributed by atoms with Gasteiger partial charge in [-0.3, -0.25) is 15.6 Å². The minimum Gasteiger partial charge on any atom is -0.383 e. The summed E-state index contributed by atoms with van der Waals surface area (Å²) in [6.45, 7) is 2.31. The van der Waals surface area contributed by atoms with Gasteiger partial charge in [0.15, 0.2) is 14.9 Å². The molecule has 1 amide bonds. The normalized spacial score (nSPS) is 12.3. The fraction of sp³-hybridized carbons (Fsp3) is 0.429. The number of halogens is 1. The number of thiocarbonyl (C=S) groups is 1. The first kappa shape index (κ1) is 20.6. The standard InChI is InChI=1S/C14H20ClN3O4S2/c1-10(9-22-2)16-14(23)18-17-13(19)7-8-24(20,21)12-5-3-11(15)4-6-12/h3-6,10H,7-9H2,1-2H3,(H,17,19)(H2,16,18,23)/t10-/m1/s1. The molecule has 1 aromatic rings. The van der Waals surface area contributed by atoms with Gasteiger partial charge >= 0.3 is 0 Å². The van der Waals surface area contributed by atoms with Crippen molar-refractivity contribution in [3.05, 3.63) is 29.3 Å². The van der Waals surface area contributed by atoms with Crippen LogP contribution < -0.4 is 16.2 Å². The number of rotatable bonds is 7. The van der Waals surface area contributed by atoms with Crippen LogP contribution in [0.4, 0.5) is 0 Å². The van der Waals surface area contributed by atoms with Crippen molar-refractivity contribution in [2.75, 3.05) is 19.5 Å². The molecule has 0 radical (unpaired) electrons. The highest BCUT2D eigenvalue weighted by Gasteiger charge is 2.16. The highest BCUT2D eigenvalue weighted by molar-refractivity contribution is 7.91. The number of hydrogen-bond acceptors (Lipinski definition) is 5. The van der Waals surface area contributed by atoms with Crippen LogP contribution in [0, 0.1) is 0 Å². The van der Waals surface area contributed by atoms with Crippen LogP contribution in [0.25, 0.3) is 0 Å². The fourth-order valence-electron chi connectivity index (χ4n) is 1.73. The van der Waals surface area contributed by atoms with E-state index in [0.29, 0.717) is 11.6 Å². The summed E-state index contributed by atoms with van der Waals surface area (Å²) in [5.74, 6) is -0.807. The third kappa shape index (κ3) is 7.43. The molecule has 0 aromatic heterocycles. The lowest BCUT2D eigenvalue weighted by Gasteiger charge is -2.16. The molecule has 1 rings (SSSR count). The summed E-state index contributed by atoms with van der Waals surface area (Å²) in [5, 5.41) is 3.55. The summed E-state index contributed by atoms with van der Waals surface area (Å²) in [7, 11) is -1.98. The number of sulfone groups is 1. The largest absolute Gasteiger partial charge is 0.383 e. The molecule has 10 heteroatoms. The quantitative estimate of drug-likeness (QED) is 0.470. The van der Waals surface area contributed by atoms with Gasteiger partial charge in [-0.1, -0.05) is 11.6 Å². The molecule has 0 heterocycles. The first-order valence-electron chi connectivity index (χ1n) is 7.07. The second kappa shape index (κ2) is 9.77. The predicted octanol–water partition coefficient (Wildman–Crippen LogP) is 1.03. The maximum absolute atomic E-state index is 12.1. The van der Waals surface area contributed by atoms with Gasteiger partial charge in [-0.25, -0.2) is 8.42 Å². The van der Waals surface area contributed by atoms with Gasteiger partial charge in [-0.05, 0) is 43.4 Å². The lowest BCUT2D eigenvalue weighted by molar-refractivity contribution is -0.121. The van der Waals surface area contributed by atoms with Crippen LogP contribution in [0.2, 0.25) is 5.02 Å². The maximum Gasteiger partial charge on any atom is 0.239 e. The Labute approximate surface area is 152 Å². The molecule has 134 valence electrons. The Bertz CT molecular complexity index is 665. The van der Waals surface area contributed by atoms with Crippen molar-refractivity contribution in [2.45, 2.75) is 24.3 Å². The number of nitrogens with one attached hydrogen (secondary N) is 3. The van der Waals surface area contributed by atoms with Crippen LogP contribution in [0.3, 0.4) is 0 Å². The SMILES string of the molecule is COC[C@@H](C)NC(=S)NNC(=O)CCS(=O)(=O)c1ccc(Cl)cc1. The molecule has 1 atom stereocenters. The van der Waals surface area contributed by atoms with Gasteiger partial charge < -0.3 is 10.1 Å². The van der Waals surface area contributed by atoms with E-state index < -0.39 is 15.7 Å². The van der Waals surface area contributed by atoms with E-state index in [-0.39, 0.29) is 28.2 Å². The van der Waals surface area contributed by atoms with Crippen molar-refractivity contribution in [1.29, 1.82) is 0 Å². The molecule has 1 aromatic carbocycles. The Morgan fingerprint density at radius 2 is 1.92 bits per heavy atom. The zero-order valence-corrected chi connectivity index (χ0v) is 15.7. The third-order valence-corrected chi connectivity index (χ3v) is 5.08. The van der Waals surface area contributed by atoms with Gasteiger partial charge in [-0.2, -0.15) is 0 Å². The predicted molar refractivity (Wildman–Crippen MR) is 96.5 cm³/mol.